The van der Waals surface area contributed by atoms with E-state index in [0.717, 1.165) is 82.3 Å². The van der Waals surface area contributed by atoms with E-state index >= 15 is 0 Å². The number of benzene rings is 4. The van der Waals surface area contributed by atoms with Crippen molar-refractivity contribution < 1.29 is 23.7 Å². The van der Waals surface area contributed by atoms with Crippen LogP contribution >= 0.6 is 0 Å². The van der Waals surface area contributed by atoms with E-state index in [9.17, 15) is 0 Å². The Kier molecular flexibility index (Phi) is 13.3. The fraction of sp³-hybridized carbons (Fsp3) is 0.463. The summed E-state index contributed by atoms with van der Waals surface area (Å²) in [6.45, 7) is 11.2. The van der Waals surface area contributed by atoms with Gasteiger partial charge in [0.2, 0.25) is 0 Å². The molecule has 2 aliphatic heterocycles. The van der Waals surface area contributed by atoms with E-state index in [1.54, 1.807) is 7.11 Å². The molecule has 2 atom stereocenters. The SMILES string of the molecule is COc1ccccc1COCCCOc1ccc([C@@H]2CCNC[C@@H]2OCc2ccc3ccc(COCCN4CCN(C)CC4)cc3c2)cc1. The van der Waals surface area contributed by atoms with E-state index in [4.69, 9.17) is 23.7 Å². The predicted octanol–water partition coefficient (Wildman–Crippen LogP) is 6.26. The number of piperazine rings is 1. The first-order valence-electron chi connectivity index (χ1n) is 17.9. The monoisotopic (exact) mass is 667 g/mol. The Morgan fingerprint density at radius 3 is 2.31 bits per heavy atom. The fourth-order valence-electron chi connectivity index (χ4n) is 6.74. The number of fused-ring (bicyclic) bond motifs is 1. The summed E-state index contributed by atoms with van der Waals surface area (Å²) < 4.78 is 29.9. The highest BCUT2D eigenvalue weighted by atomic mass is 16.5. The van der Waals surface area contributed by atoms with Crippen LogP contribution in [0.2, 0.25) is 0 Å². The van der Waals surface area contributed by atoms with Gasteiger partial charge in [0, 0.05) is 57.2 Å². The van der Waals surface area contributed by atoms with Gasteiger partial charge in [-0.15, -0.1) is 0 Å². The Morgan fingerprint density at radius 1 is 0.755 bits per heavy atom. The van der Waals surface area contributed by atoms with Crippen LogP contribution in [-0.4, -0.2) is 95.7 Å². The molecular weight excluding hydrogens is 614 g/mol. The van der Waals surface area contributed by atoms with Gasteiger partial charge in [0.25, 0.3) is 0 Å². The van der Waals surface area contributed by atoms with Gasteiger partial charge in [0.05, 0.1) is 52.9 Å². The number of piperidine rings is 1. The molecule has 2 saturated heterocycles. The van der Waals surface area contributed by atoms with Gasteiger partial charge in [-0.2, -0.15) is 0 Å². The second kappa shape index (κ2) is 18.5. The lowest BCUT2D eigenvalue weighted by Gasteiger charge is -2.32. The van der Waals surface area contributed by atoms with E-state index in [1.807, 2.05) is 24.3 Å². The van der Waals surface area contributed by atoms with Crippen LogP contribution in [0.1, 0.15) is 41.0 Å². The van der Waals surface area contributed by atoms with Gasteiger partial charge in [-0.3, -0.25) is 4.90 Å². The molecule has 0 aliphatic carbocycles. The maximum atomic E-state index is 6.59. The van der Waals surface area contributed by atoms with E-state index in [-0.39, 0.29) is 6.10 Å². The minimum atomic E-state index is 0.108. The molecule has 8 nitrogen and oxygen atoms in total. The van der Waals surface area contributed by atoms with Gasteiger partial charge >= 0.3 is 0 Å². The molecule has 0 spiro atoms. The highest BCUT2D eigenvalue weighted by Crippen LogP contribution is 2.30. The maximum Gasteiger partial charge on any atom is 0.124 e. The molecule has 4 aromatic carbocycles. The van der Waals surface area contributed by atoms with E-state index in [0.29, 0.717) is 39.0 Å². The molecule has 0 unspecified atom stereocenters. The highest BCUT2D eigenvalue weighted by Gasteiger charge is 2.27. The van der Waals surface area contributed by atoms with Crippen LogP contribution in [0.15, 0.2) is 84.9 Å². The number of likely N-dealkylation sites (N-methyl/N-ethyl adjacent to an activating group) is 1. The molecule has 0 amide bonds. The zero-order chi connectivity index (χ0) is 33.7. The van der Waals surface area contributed by atoms with Crippen molar-refractivity contribution >= 4 is 10.8 Å². The lowest BCUT2D eigenvalue weighted by Crippen LogP contribution is -2.45. The molecule has 2 heterocycles. The third-order valence-corrected chi connectivity index (χ3v) is 9.74. The normalized spacial score (nSPS) is 18.9. The number of methoxy groups -OCH3 is 1. The molecular formula is C41H53N3O5. The van der Waals surface area contributed by atoms with Crippen LogP contribution < -0.4 is 14.8 Å². The van der Waals surface area contributed by atoms with Crippen molar-refractivity contribution in [1.82, 2.24) is 15.1 Å². The Labute approximate surface area is 292 Å². The molecule has 0 aromatic heterocycles. The van der Waals surface area contributed by atoms with Gasteiger partial charge in [0.15, 0.2) is 0 Å². The number of hydrogen-bond donors (Lipinski definition) is 1. The van der Waals surface area contributed by atoms with E-state index in [1.165, 1.54) is 27.5 Å². The van der Waals surface area contributed by atoms with Gasteiger partial charge in [0.1, 0.15) is 11.5 Å². The summed E-state index contributed by atoms with van der Waals surface area (Å²) in [6, 6.07) is 29.8. The van der Waals surface area contributed by atoms with Crippen molar-refractivity contribution in [2.24, 2.45) is 0 Å². The van der Waals surface area contributed by atoms with Gasteiger partial charge in [-0.05, 0) is 77.8 Å². The van der Waals surface area contributed by atoms with Crippen molar-refractivity contribution in [3.8, 4) is 11.5 Å². The standard InChI is InChI=1S/C41H53N3O5/c1-43-18-20-44(21-19-43)22-25-47-29-32-8-10-34-11-9-33(27-37(34)26-32)30-49-41-28-42-17-16-39(41)35-12-14-38(15-13-35)48-24-5-23-46-31-36-6-3-4-7-40(36)45-2/h3-4,6-15,26-27,39,41-42H,5,16-25,28-31H2,1-2H3/t39-,41-/m0/s1. The summed E-state index contributed by atoms with van der Waals surface area (Å²) in [5.74, 6) is 2.08. The maximum absolute atomic E-state index is 6.59. The molecule has 0 saturated carbocycles. The minimum Gasteiger partial charge on any atom is -0.496 e. The van der Waals surface area contributed by atoms with Gasteiger partial charge < -0.3 is 33.9 Å². The zero-order valence-corrected chi connectivity index (χ0v) is 29.3. The molecule has 4 aromatic rings. The van der Waals surface area contributed by atoms with Crippen molar-refractivity contribution in [2.75, 3.05) is 79.8 Å². The smallest absolute Gasteiger partial charge is 0.124 e. The quantitative estimate of drug-likeness (QED) is 0.133. The van der Waals surface area contributed by atoms with Crippen molar-refractivity contribution in [2.45, 2.75) is 44.7 Å². The van der Waals surface area contributed by atoms with Crippen LogP contribution in [0.5, 0.6) is 11.5 Å². The van der Waals surface area contributed by atoms with Crippen LogP contribution in [0.25, 0.3) is 10.8 Å². The molecule has 2 fully saturated rings. The summed E-state index contributed by atoms with van der Waals surface area (Å²) in [5, 5.41) is 6.02. The molecule has 262 valence electrons. The van der Waals surface area contributed by atoms with E-state index in [2.05, 4.69) is 82.8 Å². The van der Waals surface area contributed by atoms with Crippen molar-refractivity contribution in [3.05, 3.63) is 107 Å². The molecule has 49 heavy (non-hydrogen) atoms. The van der Waals surface area contributed by atoms with E-state index < -0.39 is 0 Å². The second-order valence-corrected chi connectivity index (χ2v) is 13.3. The van der Waals surface area contributed by atoms with Crippen LogP contribution in [0, 0.1) is 0 Å². The average molecular weight is 668 g/mol. The molecule has 0 bridgehead atoms. The minimum absolute atomic E-state index is 0.108. The largest absolute Gasteiger partial charge is 0.496 e. The Balaban J connectivity index is 0.940. The summed E-state index contributed by atoms with van der Waals surface area (Å²) in [7, 11) is 3.88. The number of nitrogens with zero attached hydrogens (tertiary/aromatic N) is 2. The van der Waals surface area contributed by atoms with Crippen LogP contribution in [0.4, 0.5) is 0 Å². The number of para-hydroxylation sites is 1. The first-order valence-corrected chi connectivity index (χ1v) is 17.9. The summed E-state index contributed by atoms with van der Waals surface area (Å²) >= 11 is 0. The Hall–Kier alpha value is -3.50. The van der Waals surface area contributed by atoms with Crippen LogP contribution in [-0.2, 0) is 34.0 Å². The summed E-state index contributed by atoms with van der Waals surface area (Å²) in [6.07, 6.45) is 1.98. The molecule has 6 rings (SSSR count). The lowest BCUT2D eigenvalue weighted by atomic mass is 9.87. The highest BCUT2D eigenvalue weighted by molar-refractivity contribution is 5.83. The van der Waals surface area contributed by atoms with Gasteiger partial charge in [-0.25, -0.2) is 0 Å². The number of hydrogen-bond acceptors (Lipinski definition) is 8. The second-order valence-electron chi connectivity index (χ2n) is 13.3. The first-order chi connectivity index (χ1) is 24.1. The predicted molar refractivity (Wildman–Crippen MR) is 196 cm³/mol. The first kappa shape index (κ1) is 35.3. The Morgan fingerprint density at radius 2 is 1.51 bits per heavy atom. The van der Waals surface area contributed by atoms with Crippen molar-refractivity contribution in [1.29, 1.82) is 0 Å². The molecule has 2 aliphatic rings. The van der Waals surface area contributed by atoms with Crippen molar-refractivity contribution in [3.63, 3.8) is 0 Å². The van der Waals surface area contributed by atoms with Crippen LogP contribution in [0.3, 0.4) is 0 Å². The zero-order valence-electron chi connectivity index (χ0n) is 29.3. The third kappa shape index (κ3) is 10.5. The summed E-state index contributed by atoms with van der Waals surface area (Å²) in [5.41, 5.74) is 4.77. The fourth-order valence-corrected chi connectivity index (χ4v) is 6.74. The topological polar surface area (TPSA) is 64.7 Å². The summed E-state index contributed by atoms with van der Waals surface area (Å²) in [4.78, 5) is 4.88. The molecule has 8 heteroatoms. The average Bonchev–Trinajstić information content (AvgIpc) is 3.15. The number of rotatable bonds is 17. The van der Waals surface area contributed by atoms with Gasteiger partial charge in [-0.1, -0.05) is 54.6 Å². The lowest BCUT2D eigenvalue weighted by molar-refractivity contribution is 0.0106. The molecule has 0 radical (unpaired) electrons. The third-order valence-electron chi connectivity index (χ3n) is 9.74. The number of ether oxygens (including phenoxy) is 5. The Bertz CT molecular complexity index is 1570. The number of nitrogens with one attached hydrogen (secondary N) is 1. The molecule has 1 N–H and O–H groups in total.